The van der Waals surface area contributed by atoms with Gasteiger partial charge in [0, 0.05) is 18.7 Å². The van der Waals surface area contributed by atoms with Crippen LogP contribution in [0.1, 0.15) is 17.5 Å². The molecule has 29 heavy (non-hydrogen) atoms. The van der Waals surface area contributed by atoms with E-state index in [-0.39, 0.29) is 25.5 Å². The standard InChI is InChI=1S/C21H20N4O4/c1-14-2-6-17(7-3-14)25-12-16(10-20(25)27)21(28)24-23-19(26)13-29-18-8-4-15(11-22)5-9-18/h2-9,16H,10,12-13H2,1H3,(H,23,26)(H,24,28)/t16-/m1/s1. The molecule has 1 aliphatic rings. The SMILES string of the molecule is Cc1ccc(N2C[C@H](C(=O)NNC(=O)COc3ccc(C#N)cc3)CC2=O)cc1. The molecule has 148 valence electrons. The van der Waals surface area contributed by atoms with Crippen LogP contribution >= 0.6 is 0 Å². The Morgan fingerprint density at radius 1 is 1.14 bits per heavy atom. The second-order valence-electron chi connectivity index (χ2n) is 6.70. The molecule has 1 atom stereocenters. The third-order valence-electron chi connectivity index (χ3n) is 4.52. The van der Waals surface area contributed by atoms with Crippen molar-refractivity contribution in [1.29, 1.82) is 5.26 Å². The first-order chi connectivity index (χ1) is 14.0. The van der Waals surface area contributed by atoms with E-state index in [0.717, 1.165) is 11.3 Å². The lowest BCUT2D eigenvalue weighted by Crippen LogP contribution is -2.46. The van der Waals surface area contributed by atoms with Gasteiger partial charge in [0.05, 0.1) is 17.6 Å². The predicted molar refractivity (Wildman–Crippen MR) is 105 cm³/mol. The Morgan fingerprint density at radius 3 is 2.48 bits per heavy atom. The quantitative estimate of drug-likeness (QED) is 0.748. The lowest BCUT2D eigenvalue weighted by Gasteiger charge is -2.17. The van der Waals surface area contributed by atoms with Gasteiger partial charge in [0.25, 0.3) is 5.91 Å². The van der Waals surface area contributed by atoms with E-state index in [1.54, 1.807) is 29.2 Å². The van der Waals surface area contributed by atoms with E-state index >= 15 is 0 Å². The van der Waals surface area contributed by atoms with Crippen molar-refractivity contribution in [2.24, 2.45) is 5.92 Å². The van der Waals surface area contributed by atoms with E-state index in [2.05, 4.69) is 10.9 Å². The Bertz CT molecular complexity index is 948. The number of nitriles is 1. The monoisotopic (exact) mass is 392 g/mol. The molecule has 8 nitrogen and oxygen atoms in total. The topological polar surface area (TPSA) is 112 Å². The largest absolute Gasteiger partial charge is 0.484 e. The highest BCUT2D eigenvalue weighted by molar-refractivity contribution is 6.00. The van der Waals surface area contributed by atoms with Gasteiger partial charge in [-0.05, 0) is 43.3 Å². The number of benzene rings is 2. The van der Waals surface area contributed by atoms with Crippen LogP contribution in [-0.4, -0.2) is 30.9 Å². The van der Waals surface area contributed by atoms with Crippen LogP contribution in [0, 0.1) is 24.2 Å². The Hall–Kier alpha value is -3.86. The number of hydrogen-bond acceptors (Lipinski definition) is 5. The van der Waals surface area contributed by atoms with Crippen molar-refractivity contribution in [3.63, 3.8) is 0 Å². The van der Waals surface area contributed by atoms with Crippen LogP contribution in [0.3, 0.4) is 0 Å². The maximum absolute atomic E-state index is 12.3. The molecule has 0 unspecified atom stereocenters. The zero-order chi connectivity index (χ0) is 20.8. The number of nitrogens with zero attached hydrogens (tertiary/aromatic N) is 2. The number of aryl methyl sites for hydroxylation is 1. The molecular formula is C21H20N4O4. The van der Waals surface area contributed by atoms with Gasteiger partial charge in [-0.1, -0.05) is 17.7 Å². The number of hydrazine groups is 1. The average molecular weight is 392 g/mol. The van der Waals surface area contributed by atoms with Gasteiger partial charge in [-0.2, -0.15) is 5.26 Å². The highest BCUT2D eigenvalue weighted by Gasteiger charge is 2.35. The summed E-state index contributed by atoms with van der Waals surface area (Å²) in [6.07, 6.45) is 0.0807. The maximum Gasteiger partial charge on any atom is 0.276 e. The number of hydrogen-bond donors (Lipinski definition) is 2. The summed E-state index contributed by atoms with van der Waals surface area (Å²) in [6, 6.07) is 15.8. The highest BCUT2D eigenvalue weighted by Crippen LogP contribution is 2.25. The third-order valence-corrected chi connectivity index (χ3v) is 4.52. The molecule has 0 radical (unpaired) electrons. The zero-order valence-corrected chi connectivity index (χ0v) is 15.8. The average Bonchev–Trinajstić information content (AvgIpc) is 3.13. The fourth-order valence-electron chi connectivity index (χ4n) is 2.90. The van der Waals surface area contributed by atoms with Gasteiger partial charge in [0.15, 0.2) is 6.61 Å². The van der Waals surface area contributed by atoms with E-state index in [9.17, 15) is 14.4 Å². The van der Waals surface area contributed by atoms with Crippen LogP contribution in [-0.2, 0) is 14.4 Å². The first-order valence-corrected chi connectivity index (χ1v) is 9.05. The first kappa shape index (κ1) is 19.9. The van der Waals surface area contributed by atoms with Crippen molar-refractivity contribution < 1.29 is 19.1 Å². The molecule has 8 heteroatoms. The van der Waals surface area contributed by atoms with E-state index < -0.39 is 17.7 Å². The van der Waals surface area contributed by atoms with Crippen LogP contribution in [0.2, 0.25) is 0 Å². The first-order valence-electron chi connectivity index (χ1n) is 9.05. The van der Waals surface area contributed by atoms with E-state index in [1.165, 1.54) is 0 Å². The molecule has 1 fully saturated rings. The molecule has 3 amide bonds. The molecule has 0 aliphatic carbocycles. The summed E-state index contributed by atoms with van der Waals surface area (Å²) in [7, 11) is 0. The van der Waals surface area contributed by atoms with Crippen molar-refractivity contribution in [2.75, 3.05) is 18.1 Å². The van der Waals surface area contributed by atoms with E-state index in [0.29, 0.717) is 11.3 Å². The molecule has 0 bridgehead atoms. The van der Waals surface area contributed by atoms with Crippen molar-refractivity contribution in [1.82, 2.24) is 10.9 Å². The highest BCUT2D eigenvalue weighted by atomic mass is 16.5. The number of amides is 3. The third kappa shape index (κ3) is 5.11. The van der Waals surface area contributed by atoms with Gasteiger partial charge in [-0.3, -0.25) is 25.2 Å². The van der Waals surface area contributed by atoms with Gasteiger partial charge in [0.1, 0.15) is 5.75 Å². The van der Waals surface area contributed by atoms with Crippen molar-refractivity contribution >= 4 is 23.4 Å². The molecule has 2 aromatic rings. The van der Waals surface area contributed by atoms with Crippen molar-refractivity contribution in [3.05, 3.63) is 59.7 Å². The lowest BCUT2D eigenvalue weighted by atomic mass is 10.1. The van der Waals surface area contributed by atoms with E-state index in [1.807, 2.05) is 37.3 Å². The molecule has 2 aromatic carbocycles. The predicted octanol–water partition coefficient (Wildman–Crippen LogP) is 1.45. The molecule has 0 saturated carbocycles. The molecule has 0 spiro atoms. The minimum atomic E-state index is -0.552. The number of carbonyl (C=O) groups is 3. The van der Waals surface area contributed by atoms with E-state index in [4.69, 9.17) is 10.00 Å². The maximum atomic E-state index is 12.3. The smallest absolute Gasteiger partial charge is 0.276 e. The van der Waals surface area contributed by atoms with Gasteiger partial charge in [-0.25, -0.2) is 0 Å². The van der Waals surface area contributed by atoms with Crippen molar-refractivity contribution in [3.8, 4) is 11.8 Å². The van der Waals surface area contributed by atoms with Gasteiger partial charge in [-0.15, -0.1) is 0 Å². The summed E-state index contributed by atoms with van der Waals surface area (Å²) in [4.78, 5) is 38.0. The molecule has 1 heterocycles. The summed E-state index contributed by atoms with van der Waals surface area (Å²) in [6.45, 7) is 1.91. The summed E-state index contributed by atoms with van der Waals surface area (Å²) >= 11 is 0. The number of carbonyl (C=O) groups excluding carboxylic acids is 3. The summed E-state index contributed by atoms with van der Waals surface area (Å²) in [5, 5.41) is 8.75. The van der Waals surface area contributed by atoms with Crippen LogP contribution < -0.4 is 20.5 Å². The summed E-state index contributed by atoms with van der Waals surface area (Å²) in [5.41, 5.74) is 6.94. The fraction of sp³-hybridized carbons (Fsp3) is 0.238. The van der Waals surface area contributed by atoms with Crippen LogP contribution in [0.5, 0.6) is 5.75 Å². The number of nitrogens with one attached hydrogen (secondary N) is 2. The minimum absolute atomic E-state index is 0.0807. The normalized spacial score (nSPS) is 15.5. The van der Waals surface area contributed by atoms with Gasteiger partial charge >= 0.3 is 0 Å². The lowest BCUT2D eigenvalue weighted by molar-refractivity contribution is -0.132. The Kier molecular flexibility index (Phi) is 6.09. The second-order valence-corrected chi connectivity index (χ2v) is 6.70. The molecule has 0 aromatic heterocycles. The molecule has 1 aliphatic heterocycles. The summed E-state index contributed by atoms with van der Waals surface area (Å²) < 4.78 is 5.29. The van der Waals surface area contributed by atoms with Crippen LogP contribution in [0.15, 0.2) is 48.5 Å². The number of anilines is 1. The van der Waals surface area contributed by atoms with Crippen LogP contribution in [0.4, 0.5) is 5.69 Å². The summed E-state index contributed by atoms with van der Waals surface area (Å²) in [5.74, 6) is -1.23. The van der Waals surface area contributed by atoms with Crippen LogP contribution in [0.25, 0.3) is 0 Å². The molecular weight excluding hydrogens is 372 g/mol. The van der Waals surface area contributed by atoms with Crippen molar-refractivity contribution in [2.45, 2.75) is 13.3 Å². The molecule has 3 rings (SSSR count). The van der Waals surface area contributed by atoms with Gasteiger partial charge in [0.2, 0.25) is 11.8 Å². The molecule has 1 saturated heterocycles. The number of rotatable bonds is 5. The second kappa shape index (κ2) is 8.89. The Labute approximate surface area is 168 Å². The Balaban J connectivity index is 1.45. The zero-order valence-electron chi connectivity index (χ0n) is 15.8. The minimum Gasteiger partial charge on any atom is -0.484 e. The molecule has 2 N–H and O–H groups in total. The number of ether oxygens (including phenoxy) is 1. The van der Waals surface area contributed by atoms with Gasteiger partial charge < -0.3 is 9.64 Å². The Morgan fingerprint density at radius 2 is 1.83 bits per heavy atom. The fourth-order valence-corrected chi connectivity index (χ4v) is 2.90.